The van der Waals surface area contributed by atoms with Crippen molar-refractivity contribution in [3.8, 4) is 22.9 Å². The van der Waals surface area contributed by atoms with E-state index in [2.05, 4.69) is 15.0 Å². The van der Waals surface area contributed by atoms with Gasteiger partial charge in [0.05, 0.1) is 52.6 Å². The van der Waals surface area contributed by atoms with Crippen molar-refractivity contribution >= 4 is 39.8 Å². The zero-order valence-electron chi connectivity index (χ0n) is 21.0. The van der Waals surface area contributed by atoms with E-state index >= 15 is 4.39 Å². The number of pyridine rings is 3. The van der Waals surface area contributed by atoms with Crippen LogP contribution in [0.4, 0.5) is 34.9 Å². The van der Waals surface area contributed by atoms with E-state index < -0.39 is 28.8 Å². The molecule has 1 unspecified atom stereocenters. The second kappa shape index (κ2) is 9.60. The van der Waals surface area contributed by atoms with E-state index in [4.69, 9.17) is 32.5 Å². The van der Waals surface area contributed by atoms with Crippen LogP contribution in [0.1, 0.15) is 29.7 Å². The predicted molar refractivity (Wildman–Crippen MR) is 141 cm³/mol. The standard InChI is InChI=1S/C26H23ClF4N6O2/c1-11-9-15(32)35-22(19(11)26(29,30)31)18-20(27)24-17-14(10-16(38-3)36-23(17)21(18)28)37(7-8-39-24)12(2)13-5-4-6-34-25(13)33/h4-6,9-10,12H,7-8H2,1-3H3,(H2,32,35)(H2,33,34). The molecule has 39 heavy (non-hydrogen) atoms. The average Bonchev–Trinajstić information content (AvgIpc) is 3.06. The van der Waals surface area contributed by atoms with Crippen LogP contribution in [0.5, 0.6) is 11.6 Å². The number of methoxy groups -OCH3 is 1. The van der Waals surface area contributed by atoms with E-state index in [1.807, 2.05) is 17.9 Å². The lowest BCUT2D eigenvalue weighted by Crippen LogP contribution is -2.30. The molecular formula is C26H23ClF4N6O2. The molecule has 0 bridgehead atoms. The summed E-state index contributed by atoms with van der Waals surface area (Å²) in [6.45, 7) is 3.46. The first kappa shape index (κ1) is 26.5. The summed E-state index contributed by atoms with van der Waals surface area (Å²) in [6.07, 6.45) is -3.30. The van der Waals surface area contributed by atoms with Crippen molar-refractivity contribution in [1.82, 2.24) is 15.0 Å². The molecule has 4 aromatic rings. The van der Waals surface area contributed by atoms with Crippen molar-refractivity contribution in [3.05, 3.63) is 58.0 Å². The van der Waals surface area contributed by atoms with Gasteiger partial charge >= 0.3 is 6.18 Å². The zero-order valence-corrected chi connectivity index (χ0v) is 21.8. The number of benzene rings is 1. The Kier molecular flexibility index (Phi) is 6.53. The Hall–Kier alpha value is -4.06. The Balaban J connectivity index is 1.85. The summed E-state index contributed by atoms with van der Waals surface area (Å²) in [5, 5.41) is -0.213. The third kappa shape index (κ3) is 4.38. The van der Waals surface area contributed by atoms with Crippen LogP contribution >= 0.6 is 11.6 Å². The summed E-state index contributed by atoms with van der Waals surface area (Å²) in [7, 11) is 1.35. The molecule has 0 spiro atoms. The highest BCUT2D eigenvalue weighted by atomic mass is 35.5. The number of halogens is 5. The van der Waals surface area contributed by atoms with E-state index in [0.29, 0.717) is 23.6 Å². The largest absolute Gasteiger partial charge is 0.489 e. The Morgan fingerprint density at radius 2 is 1.95 bits per heavy atom. The lowest BCUT2D eigenvalue weighted by molar-refractivity contribution is -0.137. The number of alkyl halides is 3. The van der Waals surface area contributed by atoms with Crippen molar-refractivity contribution in [2.75, 3.05) is 36.6 Å². The van der Waals surface area contributed by atoms with Crippen molar-refractivity contribution in [3.63, 3.8) is 0 Å². The molecule has 0 fully saturated rings. The van der Waals surface area contributed by atoms with Gasteiger partial charge in [-0.05, 0) is 31.5 Å². The van der Waals surface area contributed by atoms with Gasteiger partial charge in [0.2, 0.25) is 5.88 Å². The highest BCUT2D eigenvalue weighted by Crippen LogP contribution is 2.51. The number of rotatable bonds is 4. The lowest BCUT2D eigenvalue weighted by atomic mass is 9.97. The third-order valence-corrected chi connectivity index (χ3v) is 7.05. The molecule has 13 heteroatoms. The second-order valence-corrected chi connectivity index (χ2v) is 9.40. The summed E-state index contributed by atoms with van der Waals surface area (Å²) in [5.74, 6) is -1.04. The van der Waals surface area contributed by atoms with Gasteiger partial charge in [-0.25, -0.2) is 19.3 Å². The van der Waals surface area contributed by atoms with Gasteiger partial charge in [-0.1, -0.05) is 17.7 Å². The van der Waals surface area contributed by atoms with Crippen LogP contribution in [0.25, 0.3) is 22.2 Å². The Labute approximate surface area is 225 Å². The minimum atomic E-state index is -4.87. The van der Waals surface area contributed by atoms with Crippen molar-refractivity contribution < 1.29 is 27.0 Å². The lowest BCUT2D eigenvalue weighted by Gasteiger charge is -2.31. The monoisotopic (exact) mass is 562 g/mol. The number of ether oxygens (including phenoxy) is 2. The highest BCUT2D eigenvalue weighted by molar-refractivity contribution is 6.36. The molecule has 5 rings (SSSR count). The van der Waals surface area contributed by atoms with Crippen LogP contribution in [0.15, 0.2) is 30.5 Å². The molecule has 3 aromatic heterocycles. The normalized spacial score (nSPS) is 14.2. The zero-order chi connectivity index (χ0) is 28.2. The van der Waals surface area contributed by atoms with Gasteiger partial charge < -0.3 is 25.8 Å². The number of nitrogens with two attached hydrogens (primary N) is 2. The Bertz CT molecular complexity index is 1610. The van der Waals surface area contributed by atoms with Crippen LogP contribution < -0.4 is 25.8 Å². The average molecular weight is 563 g/mol. The molecule has 4 heterocycles. The minimum Gasteiger partial charge on any atom is -0.489 e. The number of nitrogens with zero attached hydrogens (tertiary/aromatic N) is 4. The number of anilines is 3. The summed E-state index contributed by atoms with van der Waals surface area (Å²) >= 11 is 6.66. The summed E-state index contributed by atoms with van der Waals surface area (Å²) in [6, 6.07) is 5.85. The molecule has 1 aromatic carbocycles. The number of aryl methyl sites for hydroxylation is 1. The minimum absolute atomic E-state index is 0.0293. The van der Waals surface area contributed by atoms with Crippen LogP contribution in [0, 0.1) is 12.7 Å². The molecule has 0 aliphatic carbocycles. The molecule has 0 saturated heterocycles. The van der Waals surface area contributed by atoms with Gasteiger partial charge in [0.25, 0.3) is 0 Å². The van der Waals surface area contributed by atoms with E-state index in [1.54, 1.807) is 18.3 Å². The maximum atomic E-state index is 16.4. The molecule has 1 aliphatic heterocycles. The molecule has 0 amide bonds. The van der Waals surface area contributed by atoms with Crippen molar-refractivity contribution in [2.45, 2.75) is 26.1 Å². The van der Waals surface area contributed by atoms with E-state index in [-0.39, 0.29) is 51.6 Å². The first-order chi connectivity index (χ1) is 18.4. The third-order valence-electron chi connectivity index (χ3n) is 6.69. The second-order valence-electron chi connectivity index (χ2n) is 9.02. The van der Waals surface area contributed by atoms with Gasteiger partial charge in [0.1, 0.15) is 29.5 Å². The van der Waals surface area contributed by atoms with E-state index in [0.717, 1.165) is 6.07 Å². The number of hydrogen-bond acceptors (Lipinski definition) is 8. The molecule has 1 atom stereocenters. The highest BCUT2D eigenvalue weighted by Gasteiger charge is 2.40. The van der Waals surface area contributed by atoms with Gasteiger partial charge in [-0.2, -0.15) is 13.2 Å². The van der Waals surface area contributed by atoms with Gasteiger partial charge in [0, 0.05) is 17.8 Å². The quantitative estimate of drug-likeness (QED) is 0.294. The van der Waals surface area contributed by atoms with Gasteiger partial charge in [0.15, 0.2) is 5.82 Å². The van der Waals surface area contributed by atoms with Gasteiger partial charge in [-0.15, -0.1) is 0 Å². The number of hydrogen-bond donors (Lipinski definition) is 2. The summed E-state index contributed by atoms with van der Waals surface area (Å²) in [4.78, 5) is 14.2. The molecule has 0 saturated carbocycles. The number of aromatic nitrogens is 3. The fraction of sp³-hybridized carbons (Fsp3) is 0.269. The fourth-order valence-electron chi connectivity index (χ4n) is 4.96. The maximum Gasteiger partial charge on any atom is 0.418 e. The molecule has 1 aliphatic rings. The SMILES string of the molecule is COc1cc2c3c(c(Cl)c(-c4nc(N)cc(C)c4C(F)(F)F)c(F)c3n1)OCCN2C(C)c1cccnc1N. The van der Waals surface area contributed by atoms with Gasteiger partial charge in [-0.3, -0.25) is 0 Å². The van der Waals surface area contributed by atoms with Crippen LogP contribution in [0.3, 0.4) is 0 Å². The van der Waals surface area contributed by atoms with E-state index in [1.165, 1.54) is 14.0 Å². The molecule has 8 nitrogen and oxygen atoms in total. The molecule has 0 radical (unpaired) electrons. The maximum absolute atomic E-state index is 16.4. The smallest absolute Gasteiger partial charge is 0.418 e. The summed E-state index contributed by atoms with van der Waals surface area (Å²) in [5.41, 5.74) is 9.99. The van der Waals surface area contributed by atoms with Crippen molar-refractivity contribution in [1.29, 1.82) is 0 Å². The van der Waals surface area contributed by atoms with Crippen LogP contribution in [-0.4, -0.2) is 35.2 Å². The first-order valence-corrected chi connectivity index (χ1v) is 12.2. The Morgan fingerprint density at radius 3 is 2.62 bits per heavy atom. The Morgan fingerprint density at radius 1 is 1.21 bits per heavy atom. The van der Waals surface area contributed by atoms with Crippen LogP contribution in [-0.2, 0) is 6.18 Å². The van der Waals surface area contributed by atoms with Crippen LogP contribution in [0.2, 0.25) is 5.02 Å². The molecular weight excluding hydrogens is 540 g/mol. The predicted octanol–water partition coefficient (Wildman–Crippen LogP) is 5.94. The first-order valence-electron chi connectivity index (χ1n) is 11.8. The molecule has 204 valence electrons. The topological polar surface area (TPSA) is 112 Å². The number of nitrogen functional groups attached to an aromatic ring is 2. The van der Waals surface area contributed by atoms with E-state index in [9.17, 15) is 13.2 Å². The molecule has 4 N–H and O–H groups in total. The van der Waals surface area contributed by atoms with Crippen molar-refractivity contribution in [2.24, 2.45) is 0 Å². The summed E-state index contributed by atoms with van der Waals surface area (Å²) < 4.78 is 70.1. The fourth-order valence-corrected chi connectivity index (χ4v) is 5.28.